The third kappa shape index (κ3) is 2.74. The molecule has 7 nitrogen and oxygen atoms in total. The lowest BCUT2D eigenvalue weighted by atomic mass is 10.1. The van der Waals surface area contributed by atoms with E-state index in [-0.39, 0.29) is 0 Å². The minimum atomic E-state index is 0.466. The van der Waals surface area contributed by atoms with Crippen LogP contribution in [0.15, 0.2) is 16.8 Å². The molecule has 3 heterocycles. The lowest BCUT2D eigenvalue weighted by molar-refractivity contribution is 0.350. The van der Waals surface area contributed by atoms with Gasteiger partial charge in [0.2, 0.25) is 5.89 Å². The molecule has 0 aromatic carbocycles. The van der Waals surface area contributed by atoms with Crippen LogP contribution < -0.4 is 5.32 Å². The summed E-state index contributed by atoms with van der Waals surface area (Å²) in [5, 5.41) is 11.9. The van der Waals surface area contributed by atoms with E-state index in [1.807, 2.05) is 17.5 Å². The van der Waals surface area contributed by atoms with Gasteiger partial charge in [0, 0.05) is 36.2 Å². The average molecular weight is 326 g/mol. The Hall–Kier alpha value is -2.44. The van der Waals surface area contributed by atoms with E-state index in [2.05, 4.69) is 32.5 Å². The van der Waals surface area contributed by atoms with Crippen LogP contribution in [-0.4, -0.2) is 31.3 Å². The molecule has 24 heavy (non-hydrogen) atoms. The molecule has 4 rings (SSSR count). The number of nitrogens with zero attached hydrogens (tertiary/aromatic N) is 5. The third-order valence-electron chi connectivity index (χ3n) is 4.84. The number of rotatable bonds is 5. The fourth-order valence-corrected chi connectivity index (χ4v) is 3.35. The Morgan fingerprint density at radius 2 is 2.08 bits per heavy atom. The highest BCUT2D eigenvalue weighted by atomic mass is 16.5. The summed E-state index contributed by atoms with van der Waals surface area (Å²) in [5.74, 6) is 3.02. The molecule has 0 radical (unpaired) electrons. The van der Waals surface area contributed by atoms with Gasteiger partial charge in [0.05, 0.1) is 6.20 Å². The van der Waals surface area contributed by atoms with Crippen molar-refractivity contribution >= 4 is 11.5 Å². The fourth-order valence-electron chi connectivity index (χ4n) is 3.35. The highest BCUT2D eigenvalue weighted by Gasteiger charge is 2.22. The summed E-state index contributed by atoms with van der Waals surface area (Å²) in [6.45, 7) is 4.79. The Kier molecular flexibility index (Phi) is 3.92. The molecule has 0 spiro atoms. The minimum absolute atomic E-state index is 0.466. The number of aromatic nitrogens is 5. The molecule has 0 saturated heterocycles. The summed E-state index contributed by atoms with van der Waals surface area (Å²) < 4.78 is 7.27. The summed E-state index contributed by atoms with van der Waals surface area (Å²) >= 11 is 0. The van der Waals surface area contributed by atoms with Crippen LogP contribution in [0.5, 0.6) is 0 Å². The van der Waals surface area contributed by atoms with Crippen molar-refractivity contribution in [2.75, 3.05) is 11.9 Å². The van der Waals surface area contributed by atoms with Crippen molar-refractivity contribution in [1.29, 1.82) is 0 Å². The lowest BCUT2D eigenvalue weighted by Gasteiger charge is -2.12. The van der Waals surface area contributed by atoms with Gasteiger partial charge < -0.3 is 9.84 Å². The molecule has 3 aromatic heterocycles. The summed E-state index contributed by atoms with van der Waals surface area (Å²) in [6, 6.07) is 1.91. The van der Waals surface area contributed by atoms with Crippen molar-refractivity contribution in [3.05, 3.63) is 35.2 Å². The third-order valence-corrected chi connectivity index (χ3v) is 4.84. The van der Waals surface area contributed by atoms with E-state index in [1.165, 1.54) is 25.7 Å². The van der Waals surface area contributed by atoms with Crippen molar-refractivity contribution in [3.8, 4) is 0 Å². The summed E-state index contributed by atoms with van der Waals surface area (Å²) in [4.78, 5) is 9.09. The molecule has 3 aromatic rings. The highest BCUT2D eigenvalue weighted by Crippen LogP contribution is 2.32. The molecule has 7 heteroatoms. The zero-order chi connectivity index (χ0) is 16.5. The first-order chi connectivity index (χ1) is 11.7. The molecular weight excluding hydrogens is 304 g/mol. The SMILES string of the molecule is Cc1nc2ccnn2c(NCCc2noc(C3CCCC3)n2)c1C. The summed E-state index contributed by atoms with van der Waals surface area (Å²) in [5.41, 5.74) is 2.96. The number of aryl methyl sites for hydroxylation is 1. The molecule has 1 aliphatic carbocycles. The Morgan fingerprint density at radius 1 is 1.25 bits per heavy atom. The van der Waals surface area contributed by atoms with Gasteiger partial charge in [-0.3, -0.25) is 0 Å². The van der Waals surface area contributed by atoms with Gasteiger partial charge >= 0.3 is 0 Å². The fraction of sp³-hybridized carbons (Fsp3) is 0.529. The Morgan fingerprint density at radius 3 is 2.92 bits per heavy atom. The number of hydrogen-bond acceptors (Lipinski definition) is 6. The van der Waals surface area contributed by atoms with Crippen LogP contribution >= 0.6 is 0 Å². The van der Waals surface area contributed by atoms with E-state index in [1.54, 1.807) is 6.20 Å². The van der Waals surface area contributed by atoms with Crippen LogP contribution in [0.1, 0.15) is 54.6 Å². The molecule has 0 unspecified atom stereocenters. The molecule has 1 saturated carbocycles. The van der Waals surface area contributed by atoms with Crippen molar-refractivity contribution in [2.24, 2.45) is 0 Å². The van der Waals surface area contributed by atoms with E-state index in [4.69, 9.17) is 4.52 Å². The first-order valence-corrected chi connectivity index (χ1v) is 8.59. The largest absolute Gasteiger partial charge is 0.369 e. The normalized spacial score (nSPS) is 15.4. The number of hydrogen-bond donors (Lipinski definition) is 1. The molecule has 0 aliphatic heterocycles. The summed E-state index contributed by atoms with van der Waals surface area (Å²) in [7, 11) is 0. The molecular formula is C17H22N6O. The van der Waals surface area contributed by atoms with Crippen LogP contribution in [-0.2, 0) is 6.42 Å². The van der Waals surface area contributed by atoms with Gasteiger partial charge in [-0.15, -0.1) is 0 Å². The van der Waals surface area contributed by atoms with Gasteiger partial charge in [-0.25, -0.2) is 4.98 Å². The monoisotopic (exact) mass is 326 g/mol. The predicted octanol–water partition coefficient (Wildman–Crippen LogP) is 3.04. The van der Waals surface area contributed by atoms with Crippen molar-refractivity contribution < 1.29 is 4.52 Å². The van der Waals surface area contributed by atoms with Gasteiger partial charge in [0.1, 0.15) is 5.82 Å². The van der Waals surface area contributed by atoms with E-state index < -0.39 is 0 Å². The van der Waals surface area contributed by atoms with Gasteiger partial charge in [-0.05, 0) is 26.7 Å². The molecule has 0 amide bonds. The van der Waals surface area contributed by atoms with Gasteiger partial charge in [0.25, 0.3) is 0 Å². The van der Waals surface area contributed by atoms with Crippen LogP contribution in [0.2, 0.25) is 0 Å². The number of fused-ring (bicyclic) bond motifs is 1. The number of anilines is 1. The second-order valence-corrected chi connectivity index (χ2v) is 6.48. The van der Waals surface area contributed by atoms with E-state index in [9.17, 15) is 0 Å². The first kappa shape index (κ1) is 15.1. The predicted molar refractivity (Wildman–Crippen MR) is 90.2 cm³/mol. The second kappa shape index (κ2) is 6.22. The maximum atomic E-state index is 5.44. The topological polar surface area (TPSA) is 81.1 Å². The second-order valence-electron chi connectivity index (χ2n) is 6.48. The van der Waals surface area contributed by atoms with Crippen molar-refractivity contribution in [3.63, 3.8) is 0 Å². The van der Waals surface area contributed by atoms with E-state index in [0.29, 0.717) is 5.92 Å². The zero-order valence-corrected chi connectivity index (χ0v) is 14.1. The first-order valence-electron chi connectivity index (χ1n) is 8.59. The molecule has 1 N–H and O–H groups in total. The van der Waals surface area contributed by atoms with Crippen LogP contribution in [0.25, 0.3) is 5.65 Å². The van der Waals surface area contributed by atoms with E-state index >= 15 is 0 Å². The molecule has 1 fully saturated rings. The van der Waals surface area contributed by atoms with E-state index in [0.717, 1.165) is 47.4 Å². The Bertz CT molecular complexity index is 846. The minimum Gasteiger partial charge on any atom is -0.369 e. The molecule has 0 bridgehead atoms. The zero-order valence-electron chi connectivity index (χ0n) is 14.1. The van der Waals surface area contributed by atoms with Gasteiger partial charge in [0.15, 0.2) is 11.5 Å². The maximum Gasteiger partial charge on any atom is 0.229 e. The van der Waals surface area contributed by atoms with Crippen LogP contribution in [0.3, 0.4) is 0 Å². The molecule has 1 aliphatic rings. The maximum absolute atomic E-state index is 5.44. The average Bonchev–Trinajstić information content (AvgIpc) is 3.30. The number of nitrogens with one attached hydrogen (secondary N) is 1. The highest BCUT2D eigenvalue weighted by molar-refractivity contribution is 5.54. The standard InChI is InChI=1S/C17H22N6O/c1-11-12(2)20-15-8-10-19-23(15)16(11)18-9-7-14-21-17(24-22-14)13-5-3-4-6-13/h8,10,13,18H,3-7,9H2,1-2H3. The van der Waals surface area contributed by atoms with Crippen LogP contribution in [0.4, 0.5) is 5.82 Å². The quantitative estimate of drug-likeness (QED) is 0.776. The van der Waals surface area contributed by atoms with Gasteiger partial charge in [-0.1, -0.05) is 18.0 Å². The van der Waals surface area contributed by atoms with Crippen molar-refractivity contribution in [2.45, 2.75) is 51.9 Å². The molecule has 0 atom stereocenters. The lowest BCUT2D eigenvalue weighted by Crippen LogP contribution is -2.13. The molecule has 126 valence electrons. The summed E-state index contributed by atoms with van der Waals surface area (Å²) in [6.07, 6.45) is 7.37. The van der Waals surface area contributed by atoms with Crippen molar-refractivity contribution in [1.82, 2.24) is 24.7 Å². The Balaban J connectivity index is 1.44. The Labute approximate surface area is 140 Å². The smallest absolute Gasteiger partial charge is 0.229 e. The van der Waals surface area contributed by atoms with Gasteiger partial charge in [-0.2, -0.15) is 14.6 Å². The van der Waals surface area contributed by atoms with Crippen LogP contribution in [0, 0.1) is 13.8 Å².